The van der Waals surface area contributed by atoms with E-state index < -0.39 is 0 Å². The highest BCUT2D eigenvalue weighted by Crippen LogP contribution is 2.17. The Kier molecular flexibility index (Phi) is 2.79. The van der Waals surface area contributed by atoms with Gasteiger partial charge in [0.2, 0.25) is 0 Å². The van der Waals surface area contributed by atoms with Crippen molar-refractivity contribution < 1.29 is 0 Å². The lowest BCUT2D eigenvalue weighted by molar-refractivity contribution is 1.65. The van der Waals surface area contributed by atoms with Gasteiger partial charge in [-0.3, -0.25) is 0 Å². The molecule has 0 saturated heterocycles. The molecule has 0 atom stereocenters. The third-order valence-corrected chi connectivity index (χ3v) is 1.71. The smallest absolute Gasteiger partial charge is 0.0800 e. The van der Waals surface area contributed by atoms with Gasteiger partial charge in [0.05, 0.1) is 10.6 Å². The van der Waals surface area contributed by atoms with Crippen molar-refractivity contribution in [2.45, 2.75) is 0 Å². The Balaban J connectivity index is 2.96. The SMILES string of the molecule is Cl[C]=C(Cl)c1ccccc1. The first kappa shape index (κ1) is 7.64. The number of benzene rings is 1. The molecule has 0 bridgehead atoms. The van der Waals surface area contributed by atoms with Crippen molar-refractivity contribution in [3.05, 3.63) is 41.4 Å². The van der Waals surface area contributed by atoms with Gasteiger partial charge in [-0.1, -0.05) is 53.5 Å². The van der Waals surface area contributed by atoms with Crippen molar-refractivity contribution in [3.63, 3.8) is 0 Å². The Labute approximate surface area is 70.1 Å². The minimum Gasteiger partial charge on any atom is -0.0820 e. The molecule has 0 amide bonds. The van der Waals surface area contributed by atoms with E-state index in [4.69, 9.17) is 23.2 Å². The van der Waals surface area contributed by atoms with E-state index in [-0.39, 0.29) is 0 Å². The van der Waals surface area contributed by atoms with E-state index in [1.807, 2.05) is 30.3 Å². The van der Waals surface area contributed by atoms with Crippen LogP contribution in [0.3, 0.4) is 0 Å². The van der Waals surface area contributed by atoms with E-state index in [9.17, 15) is 0 Å². The van der Waals surface area contributed by atoms with E-state index >= 15 is 0 Å². The zero-order valence-corrected chi connectivity index (χ0v) is 6.65. The second-order valence-corrected chi connectivity index (χ2v) is 2.34. The first-order valence-corrected chi connectivity index (χ1v) is 3.54. The van der Waals surface area contributed by atoms with Crippen molar-refractivity contribution in [2.75, 3.05) is 0 Å². The molecule has 0 saturated carbocycles. The normalized spacial score (nSPS) is 11.6. The summed E-state index contributed by atoms with van der Waals surface area (Å²) in [7, 11) is 0. The number of rotatable bonds is 1. The topological polar surface area (TPSA) is 0 Å². The maximum Gasteiger partial charge on any atom is 0.0800 e. The zero-order chi connectivity index (χ0) is 7.40. The van der Waals surface area contributed by atoms with Crippen LogP contribution in [0, 0.1) is 5.54 Å². The molecule has 0 nitrogen and oxygen atoms in total. The van der Waals surface area contributed by atoms with Crippen LogP contribution in [0.1, 0.15) is 5.56 Å². The molecule has 0 spiro atoms. The summed E-state index contributed by atoms with van der Waals surface area (Å²) in [6.07, 6.45) is 0. The van der Waals surface area contributed by atoms with E-state index in [2.05, 4.69) is 5.54 Å². The van der Waals surface area contributed by atoms with E-state index in [1.54, 1.807) is 0 Å². The first-order valence-electron chi connectivity index (χ1n) is 2.79. The second kappa shape index (κ2) is 3.65. The average Bonchev–Trinajstić information content (AvgIpc) is 2.05. The van der Waals surface area contributed by atoms with E-state index in [0.717, 1.165) is 5.56 Å². The predicted octanol–water partition coefficient (Wildman–Crippen LogP) is 3.27. The molecule has 0 heterocycles. The number of halogens is 2. The third-order valence-electron chi connectivity index (χ3n) is 1.11. The Bertz CT molecular complexity index is 226. The highest BCUT2D eigenvalue weighted by Gasteiger charge is 1.93. The van der Waals surface area contributed by atoms with Crippen LogP contribution >= 0.6 is 23.2 Å². The summed E-state index contributed by atoms with van der Waals surface area (Å²) in [4.78, 5) is 0. The summed E-state index contributed by atoms with van der Waals surface area (Å²) >= 11 is 10.9. The van der Waals surface area contributed by atoms with Crippen molar-refractivity contribution >= 4 is 28.2 Å². The summed E-state index contributed by atoms with van der Waals surface area (Å²) in [5, 5.41) is 0.447. The van der Waals surface area contributed by atoms with Gasteiger partial charge in [-0.2, -0.15) is 0 Å². The van der Waals surface area contributed by atoms with E-state index in [0.29, 0.717) is 5.03 Å². The van der Waals surface area contributed by atoms with Crippen molar-refractivity contribution in [1.82, 2.24) is 0 Å². The maximum atomic E-state index is 5.66. The standard InChI is InChI=1S/C8H5Cl2/c9-6-8(10)7-4-2-1-3-5-7/h1-5H. The van der Waals surface area contributed by atoms with Gasteiger partial charge in [-0.25, -0.2) is 0 Å². The second-order valence-electron chi connectivity index (χ2n) is 1.77. The first-order chi connectivity index (χ1) is 4.84. The van der Waals surface area contributed by atoms with Gasteiger partial charge in [0, 0.05) is 0 Å². The summed E-state index contributed by atoms with van der Waals surface area (Å²) < 4.78 is 0. The maximum absolute atomic E-state index is 5.66. The molecule has 1 rings (SSSR count). The van der Waals surface area contributed by atoms with E-state index in [1.165, 1.54) is 0 Å². The van der Waals surface area contributed by atoms with Crippen molar-refractivity contribution in [2.24, 2.45) is 0 Å². The summed E-state index contributed by atoms with van der Waals surface area (Å²) in [6, 6.07) is 9.45. The summed E-state index contributed by atoms with van der Waals surface area (Å²) in [5.74, 6) is 0. The van der Waals surface area contributed by atoms with Crippen LogP contribution in [0.4, 0.5) is 0 Å². The Morgan fingerprint density at radius 3 is 2.30 bits per heavy atom. The quantitative estimate of drug-likeness (QED) is 0.609. The van der Waals surface area contributed by atoms with Crippen LogP contribution in [0.2, 0.25) is 0 Å². The number of hydrogen-bond donors (Lipinski definition) is 0. The monoisotopic (exact) mass is 171 g/mol. The van der Waals surface area contributed by atoms with Gasteiger partial charge in [0.15, 0.2) is 0 Å². The largest absolute Gasteiger partial charge is 0.0820 e. The Hall–Kier alpha value is -0.460. The van der Waals surface area contributed by atoms with Crippen LogP contribution in [-0.4, -0.2) is 0 Å². The lowest BCUT2D eigenvalue weighted by atomic mass is 10.2. The zero-order valence-electron chi connectivity index (χ0n) is 5.14. The molecule has 0 aliphatic carbocycles. The fourth-order valence-electron chi connectivity index (χ4n) is 0.639. The van der Waals surface area contributed by atoms with Gasteiger partial charge in [0.1, 0.15) is 0 Å². The predicted molar refractivity (Wildman–Crippen MR) is 44.8 cm³/mol. The molecular weight excluding hydrogens is 167 g/mol. The van der Waals surface area contributed by atoms with Gasteiger partial charge in [-0.15, -0.1) is 0 Å². The molecule has 0 aromatic heterocycles. The third kappa shape index (κ3) is 1.76. The van der Waals surface area contributed by atoms with Crippen LogP contribution in [0.15, 0.2) is 30.3 Å². The van der Waals surface area contributed by atoms with Crippen LogP contribution in [0.25, 0.3) is 5.03 Å². The molecule has 1 aromatic carbocycles. The molecule has 1 aromatic rings. The fourth-order valence-corrected chi connectivity index (χ4v) is 0.874. The van der Waals surface area contributed by atoms with Gasteiger partial charge < -0.3 is 0 Å². The fraction of sp³-hybridized carbons (Fsp3) is 0. The van der Waals surface area contributed by atoms with Crippen molar-refractivity contribution in [1.29, 1.82) is 0 Å². The molecule has 1 radical (unpaired) electrons. The highest BCUT2D eigenvalue weighted by molar-refractivity contribution is 6.51. The number of hydrogen-bond acceptors (Lipinski definition) is 0. The molecule has 0 aliphatic heterocycles. The minimum atomic E-state index is 0.447. The molecule has 0 fully saturated rings. The average molecular weight is 172 g/mol. The highest BCUT2D eigenvalue weighted by atomic mass is 35.5. The van der Waals surface area contributed by atoms with Crippen LogP contribution in [0.5, 0.6) is 0 Å². The van der Waals surface area contributed by atoms with Gasteiger partial charge >= 0.3 is 0 Å². The molecule has 10 heavy (non-hydrogen) atoms. The summed E-state index contributed by atoms with van der Waals surface area (Å²) in [6.45, 7) is 0. The van der Waals surface area contributed by atoms with Crippen molar-refractivity contribution in [3.8, 4) is 0 Å². The molecule has 2 heteroatoms. The summed E-state index contributed by atoms with van der Waals surface area (Å²) in [5.41, 5.74) is 3.22. The molecule has 0 aliphatic rings. The Morgan fingerprint density at radius 2 is 1.80 bits per heavy atom. The van der Waals surface area contributed by atoms with Gasteiger partial charge in [0.25, 0.3) is 0 Å². The Morgan fingerprint density at radius 1 is 1.20 bits per heavy atom. The van der Waals surface area contributed by atoms with Crippen LogP contribution in [-0.2, 0) is 0 Å². The lowest BCUT2D eigenvalue weighted by Gasteiger charge is -1.93. The molecule has 51 valence electrons. The molecule has 0 unspecified atom stereocenters. The van der Waals surface area contributed by atoms with Gasteiger partial charge in [-0.05, 0) is 5.56 Å². The van der Waals surface area contributed by atoms with Crippen LogP contribution < -0.4 is 0 Å². The molecular formula is C8H5Cl2. The lowest BCUT2D eigenvalue weighted by Crippen LogP contribution is -1.72. The minimum absolute atomic E-state index is 0.447. The molecule has 0 N–H and O–H groups in total.